The van der Waals surface area contributed by atoms with E-state index in [4.69, 9.17) is 0 Å². The number of nitrogens with zero attached hydrogens (tertiary/aromatic N) is 1. The molecule has 0 bridgehead atoms. The van der Waals surface area contributed by atoms with Gasteiger partial charge in [-0.25, -0.2) is 0 Å². The molecule has 0 unspecified atom stereocenters. The highest BCUT2D eigenvalue weighted by atomic mass is 32.2. The Hall–Kier alpha value is -1.72. The van der Waals surface area contributed by atoms with Gasteiger partial charge in [-0.3, -0.25) is 9.52 Å². The third-order valence-electron chi connectivity index (χ3n) is 8.64. The Morgan fingerprint density at radius 1 is 1.05 bits per heavy atom. The zero-order chi connectivity index (χ0) is 27.0. The molecule has 2 fully saturated rings. The van der Waals surface area contributed by atoms with Crippen LogP contribution in [-0.2, 0) is 17.4 Å². The molecular weight excluding hydrogens is 474 g/mol. The van der Waals surface area contributed by atoms with E-state index in [0.29, 0.717) is 17.9 Å². The van der Waals surface area contributed by atoms with Crippen molar-refractivity contribution in [1.29, 1.82) is 0 Å². The van der Waals surface area contributed by atoms with Crippen LogP contribution in [0.15, 0.2) is 24.3 Å². The molecule has 204 valence electrons. The Morgan fingerprint density at radius 3 is 2.32 bits per heavy atom. The van der Waals surface area contributed by atoms with Crippen molar-refractivity contribution in [2.75, 3.05) is 12.8 Å². The summed E-state index contributed by atoms with van der Waals surface area (Å²) in [5.41, 5.74) is 7.39. The lowest BCUT2D eigenvalue weighted by Crippen LogP contribution is -2.46. The maximum Gasteiger partial charge on any atom is 0.253 e. The summed E-state index contributed by atoms with van der Waals surface area (Å²) in [7, 11) is 0. The quantitative estimate of drug-likeness (QED) is 0.330. The van der Waals surface area contributed by atoms with E-state index in [0.717, 1.165) is 17.8 Å². The second-order valence-corrected chi connectivity index (χ2v) is 14.2. The van der Waals surface area contributed by atoms with Gasteiger partial charge in [-0.05, 0) is 104 Å². The highest BCUT2D eigenvalue weighted by Gasteiger charge is 2.40. The SMILES string of the molecule is CSNC(C)(C)CNC(=O)c1cc(-c2cc(C(C)(C)C)cc(C3(C)CC3)c2)n(CC2CCCCC2)c1C. The van der Waals surface area contributed by atoms with Crippen LogP contribution >= 0.6 is 11.9 Å². The van der Waals surface area contributed by atoms with Crippen molar-refractivity contribution in [3.8, 4) is 11.3 Å². The van der Waals surface area contributed by atoms with E-state index in [1.807, 2.05) is 6.26 Å². The molecule has 0 saturated heterocycles. The number of carbonyl (C=O) groups excluding carboxylic acids is 1. The predicted octanol–water partition coefficient (Wildman–Crippen LogP) is 7.77. The molecule has 4 rings (SSSR count). The Bertz CT molecular complexity index is 1090. The summed E-state index contributed by atoms with van der Waals surface area (Å²) in [5, 5.41) is 3.21. The maximum atomic E-state index is 13.5. The van der Waals surface area contributed by atoms with E-state index in [9.17, 15) is 4.79 Å². The van der Waals surface area contributed by atoms with E-state index < -0.39 is 0 Å². The molecule has 2 aromatic rings. The van der Waals surface area contributed by atoms with Crippen LogP contribution in [0.2, 0.25) is 0 Å². The van der Waals surface area contributed by atoms with Crippen molar-refractivity contribution in [3.63, 3.8) is 0 Å². The molecule has 1 amide bonds. The average molecular weight is 524 g/mol. The molecule has 0 radical (unpaired) electrons. The van der Waals surface area contributed by atoms with Gasteiger partial charge in [-0.15, -0.1) is 0 Å². The van der Waals surface area contributed by atoms with Crippen LogP contribution in [0.4, 0.5) is 0 Å². The number of rotatable bonds is 9. The molecular formula is C32H49N3OS. The van der Waals surface area contributed by atoms with Crippen LogP contribution in [0.25, 0.3) is 11.3 Å². The summed E-state index contributed by atoms with van der Waals surface area (Å²) < 4.78 is 5.85. The smallest absolute Gasteiger partial charge is 0.253 e. The van der Waals surface area contributed by atoms with Gasteiger partial charge in [0.15, 0.2) is 0 Å². The fourth-order valence-corrected chi connectivity index (χ4v) is 6.34. The molecule has 2 saturated carbocycles. The number of hydrogen-bond donors (Lipinski definition) is 2. The number of aromatic nitrogens is 1. The molecule has 0 spiro atoms. The summed E-state index contributed by atoms with van der Waals surface area (Å²) >= 11 is 1.59. The van der Waals surface area contributed by atoms with Crippen LogP contribution in [0, 0.1) is 12.8 Å². The third-order valence-corrected chi connectivity index (χ3v) is 9.39. The summed E-state index contributed by atoms with van der Waals surface area (Å²) in [4.78, 5) is 13.5. The standard InChI is InChI=1S/C32H49N3OS/c1-22-27(29(36)33-21-31(5,6)34-37-8)19-28(35(22)20-23-12-10-9-11-13-23)24-16-25(30(2,3)4)18-26(17-24)32(7)14-15-32/h16-19,23,34H,9-15,20-21H2,1-8H3,(H,33,36). The summed E-state index contributed by atoms with van der Waals surface area (Å²) in [6.07, 6.45) is 11.1. The average Bonchev–Trinajstić information content (AvgIpc) is 3.52. The van der Waals surface area contributed by atoms with E-state index in [1.165, 1.54) is 67.3 Å². The monoisotopic (exact) mass is 523 g/mol. The first kappa shape index (κ1) is 28.3. The van der Waals surface area contributed by atoms with Crippen molar-refractivity contribution in [1.82, 2.24) is 14.6 Å². The normalized spacial score (nSPS) is 18.2. The molecule has 0 atom stereocenters. The Kier molecular flexibility index (Phi) is 8.26. The van der Waals surface area contributed by atoms with E-state index in [2.05, 4.69) is 87.3 Å². The lowest BCUT2D eigenvalue weighted by Gasteiger charge is -2.26. The highest BCUT2D eigenvalue weighted by Crippen LogP contribution is 2.49. The van der Waals surface area contributed by atoms with E-state index >= 15 is 0 Å². The van der Waals surface area contributed by atoms with Crippen molar-refractivity contribution in [2.24, 2.45) is 5.92 Å². The zero-order valence-corrected chi connectivity index (χ0v) is 25.3. The van der Waals surface area contributed by atoms with Crippen LogP contribution in [-0.4, -0.2) is 28.8 Å². The Balaban J connectivity index is 1.76. The Morgan fingerprint density at radius 2 is 1.73 bits per heavy atom. The van der Waals surface area contributed by atoms with Gasteiger partial charge in [-0.2, -0.15) is 0 Å². The molecule has 2 N–H and O–H groups in total. The number of hydrogen-bond acceptors (Lipinski definition) is 3. The first-order chi connectivity index (χ1) is 17.3. The second-order valence-electron chi connectivity index (χ2n) is 13.6. The fourth-order valence-electron chi connectivity index (χ4n) is 5.72. The summed E-state index contributed by atoms with van der Waals surface area (Å²) in [6, 6.07) is 9.41. The van der Waals surface area contributed by atoms with Gasteiger partial charge >= 0.3 is 0 Å². The minimum absolute atomic E-state index is 0.0264. The largest absolute Gasteiger partial charge is 0.350 e. The van der Waals surface area contributed by atoms with Gasteiger partial charge in [0.2, 0.25) is 0 Å². The van der Waals surface area contributed by atoms with Crippen molar-refractivity contribution >= 4 is 17.9 Å². The van der Waals surface area contributed by atoms with Crippen molar-refractivity contribution < 1.29 is 4.79 Å². The number of carbonyl (C=O) groups is 1. The van der Waals surface area contributed by atoms with Gasteiger partial charge in [-0.1, -0.05) is 65.0 Å². The molecule has 2 aliphatic rings. The van der Waals surface area contributed by atoms with Gasteiger partial charge in [0.1, 0.15) is 0 Å². The number of benzene rings is 1. The molecule has 1 heterocycles. The molecule has 1 aromatic heterocycles. The van der Waals surface area contributed by atoms with Crippen LogP contribution in [0.5, 0.6) is 0 Å². The molecule has 4 nitrogen and oxygen atoms in total. The molecule has 37 heavy (non-hydrogen) atoms. The minimum atomic E-state index is -0.174. The molecule has 0 aliphatic heterocycles. The molecule has 2 aliphatic carbocycles. The Labute approximate surface area is 229 Å². The lowest BCUT2D eigenvalue weighted by molar-refractivity contribution is 0.0944. The maximum absolute atomic E-state index is 13.5. The highest BCUT2D eigenvalue weighted by molar-refractivity contribution is 7.96. The van der Waals surface area contributed by atoms with Crippen molar-refractivity contribution in [3.05, 3.63) is 46.6 Å². The van der Waals surface area contributed by atoms with Crippen LogP contribution < -0.4 is 10.0 Å². The van der Waals surface area contributed by atoms with Gasteiger partial charge in [0.25, 0.3) is 5.91 Å². The zero-order valence-electron chi connectivity index (χ0n) is 24.5. The number of nitrogens with one attached hydrogen (secondary N) is 2. The second kappa shape index (κ2) is 10.8. The third kappa shape index (κ3) is 6.65. The number of amides is 1. The van der Waals surface area contributed by atoms with Crippen LogP contribution in [0.1, 0.15) is 114 Å². The van der Waals surface area contributed by atoms with Gasteiger partial charge in [0, 0.05) is 30.0 Å². The van der Waals surface area contributed by atoms with Crippen LogP contribution in [0.3, 0.4) is 0 Å². The fraction of sp³-hybridized carbons (Fsp3) is 0.656. The van der Waals surface area contributed by atoms with E-state index in [1.54, 1.807) is 11.9 Å². The molecule has 1 aromatic carbocycles. The van der Waals surface area contributed by atoms with Crippen molar-refractivity contribution in [2.45, 2.75) is 116 Å². The van der Waals surface area contributed by atoms with Gasteiger partial charge in [0.05, 0.1) is 5.56 Å². The minimum Gasteiger partial charge on any atom is -0.350 e. The summed E-state index contributed by atoms with van der Waals surface area (Å²) in [6.45, 7) is 17.3. The molecule has 5 heteroatoms. The topological polar surface area (TPSA) is 46.1 Å². The van der Waals surface area contributed by atoms with Gasteiger partial charge < -0.3 is 9.88 Å². The predicted molar refractivity (Wildman–Crippen MR) is 160 cm³/mol. The first-order valence-corrected chi connectivity index (χ1v) is 15.5. The lowest BCUT2D eigenvalue weighted by atomic mass is 9.82. The first-order valence-electron chi connectivity index (χ1n) is 14.3. The van der Waals surface area contributed by atoms with E-state index in [-0.39, 0.29) is 16.9 Å². The summed E-state index contributed by atoms with van der Waals surface area (Å²) in [5.74, 6) is 0.712.